The second-order valence-electron chi connectivity index (χ2n) is 14.3. The van der Waals surface area contributed by atoms with Crippen molar-refractivity contribution in [3.63, 3.8) is 0 Å². The van der Waals surface area contributed by atoms with Gasteiger partial charge in [-0.05, 0) is 140 Å². The van der Waals surface area contributed by atoms with Gasteiger partial charge in [0.05, 0.1) is 12.2 Å². The molecule has 4 aliphatic carbocycles. The van der Waals surface area contributed by atoms with Crippen LogP contribution in [-0.2, 0) is 0 Å². The standard InChI is InChI=1S/C34H53FN2O3S/c1-6-25-29-20-23(38)14-17-34(29,5)28-15-18-33(4)26(12-13-27(33)30(28)31(25)39)21(3)16-19-36-32(40)37-41(7-2)24-10-8-22(35)9-11-24/h7-11,21,23,25-31,38-39H,6,12-20H2,1-5H3,(H2,36,37,40)/t21-,23-,25-,26-,27+,28+,29+,30+,31-,33-,34-,41?/m1/s1. The summed E-state index contributed by atoms with van der Waals surface area (Å²) in [7, 11) is -0.573. The molecule has 12 atom stereocenters. The van der Waals surface area contributed by atoms with Crippen LogP contribution >= 0.6 is 10.7 Å². The number of fused-ring (bicyclic) bond motifs is 5. The predicted molar refractivity (Wildman–Crippen MR) is 166 cm³/mol. The highest BCUT2D eigenvalue weighted by Crippen LogP contribution is 2.69. The van der Waals surface area contributed by atoms with E-state index in [2.05, 4.69) is 37.7 Å². The molecule has 1 aromatic carbocycles. The summed E-state index contributed by atoms with van der Waals surface area (Å²) in [5, 5.41) is 27.5. The number of aliphatic hydroxyl groups is 2. The van der Waals surface area contributed by atoms with E-state index in [1.54, 1.807) is 12.1 Å². The zero-order valence-electron chi connectivity index (χ0n) is 25.7. The number of nitrogens with one attached hydrogen (secondary N) is 2. The van der Waals surface area contributed by atoms with Crippen molar-refractivity contribution in [1.82, 2.24) is 10.0 Å². The van der Waals surface area contributed by atoms with Gasteiger partial charge in [-0.15, -0.1) is 0 Å². The quantitative estimate of drug-likeness (QED) is 0.256. The molecule has 7 heteroatoms. The molecule has 5 rings (SSSR count). The van der Waals surface area contributed by atoms with Crippen molar-refractivity contribution >= 4 is 22.1 Å². The van der Waals surface area contributed by atoms with Gasteiger partial charge in [-0.3, -0.25) is 4.72 Å². The van der Waals surface area contributed by atoms with Gasteiger partial charge in [-0.2, -0.15) is 0 Å². The molecule has 2 amide bonds. The smallest absolute Gasteiger partial charge is 0.324 e. The Morgan fingerprint density at radius 1 is 1.07 bits per heavy atom. The molecule has 41 heavy (non-hydrogen) atoms. The van der Waals surface area contributed by atoms with Gasteiger partial charge in [0.15, 0.2) is 0 Å². The van der Waals surface area contributed by atoms with E-state index in [0.717, 1.165) is 37.0 Å². The lowest BCUT2D eigenvalue weighted by Gasteiger charge is -2.64. The number of rotatable bonds is 7. The minimum absolute atomic E-state index is 0.185. The van der Waals surface area contributed by atoms with Crippen LogP contribution in [0.15, 0.2) is 29.2 Å². The molecule has 0 aliphatic heterocycles. The minimum Gasteiger partial charge on any atom is -0.393 e. The van der Waals surface area contributed by atoms with Crippen molar-refractivity contribution in [1.29, 1.82) is 0 Å². The molecular weight excluding hydrogens is 535 g/mol. The average molecular weight is 589 g/mol. The Bertz CT molecular complexity index is 1110. The fourth-order valence-corrected chi connectivity index (χ4v) is 11.7. The first-order valence-electron chi connectivity index (χ1n) is 16.2. The first-order chi connectivity index (χ1) is 19.5. The summed E-state index contributed by atoms with van der Waals surface area (Å²) in [6, 6.07) is 6.11. The average Bonchev–Trinajstić information content (AvgIpc) is 3.30. The second-order valence-corrected chi connectivity index (χ2v) is 16.1. The first-order valence-corrected chi connectivity index (χ1v) is 17.5. The van der Waals surface area contributed by atoms with E-state index in [4.69, 9.17) is 0 Å². The number of halogens is 1. The molecule has 5 nitrogen and oxygen atoms in total. The van der Waals surface area contributed by atoms with Crippen LogP contribution in [-0.4, -0.2) is 40.4 Å². The maximum absolute atomic E-state index is 13.3. The zero-order chi connectivity index (χ0) is 29.5. The number of urea groups is 1. The summed E-state index contributed by atoms with van der Waals surface area (Å²) < 4.78 is 16.3. The number of hydrogen-bond acceptors (Lipinski definition) is 3. The van der Waals surface area contributed by atoms with Gasteiger partial charge in [0.25, 0.3) is 0 Å². The Balaban J connectivity index is 1.21. The molecule has 0 radical (unpaired) electrons. The van der Waals surface area contributed by atoms with Crippen LogP contribution in [0.2, 0.25) is 0 Å². The van der Waals surface area contributed by atoms with Crippen LogP contribution in [0.4, 0.5) is 9.18 Å². The molecular formula is C34H53FN2O3S. The number of hydrogen-bond donors (Lipinski definition) is 4. The SMILES string of the molecule is C/C=S(/NC(=O)NCC[C@@H](C)[C@H]1CC[C@H]2[C@@H]3[C@H](O)[C@H](CC)[C@@H]4C[C@H](O)CC[C@]4(C)[C@H]3CC[C@]12C)c1ccc(F)cc1. The Hall–Kier alpha value is -1.44. The largest absolute Gasteiger partial charge is 0.393 e. The molecule has 4 fully saturated rings. The molecule has 4 N–H and O–H groups in total. The summed E-state index contributed by atoms with van der Waals surface area (Å²) in [6.07, 6.45) is 9.15. The third kappa shape index (κ3) is 5.64. The maximum atomic E-state index is 13.3. The highest BCUT2D eigenvalue weighted by atomic mass is 32.2. The molecule has 0 saturated heterocycles. The second kappa shape index (κ2) is 12.3. The molecule has 230 valence electrons. The molecule has 4 aliphatic rings. The summed E-state index contributed by atoms with van der Waals surface area (Å²) in [6.45, 7) is 12.1. The van der Waals surface area contributed by atoms with Gasteiger partial charge in [-0.25, -0.2) is 9.18 Å². The number of benzene rings is 1. The van der Waals surface area contributed by atoms with Crippen molar-refractivity contribution in [3.05, 3.63) is 30.1 Å². The van der Waals surface area contributed by atoms with E-state index in [1.165, 1.54) is 37.8 Å². The van der Waals surface area contributed by atoms with Crippen LogP contribution in [0.1, 0.15) is 92.4 Å². The predicted octanol–water partition coefficient (Wildman–Crippen LogP) is 7.14. The van der Waals surface area contributed by atoms with E-state index in [0.29, 0.717) is 42.1 Å². The van der Waals surface area contributed by atoms with Crippen molar-refractivity contribution < 1.29 is 19.4 Å². The van der Waals surface area contributed by atoms with Crippen molar-refractivity contribution in [3.8, 4) is 0 Å². The molecule has 0 heterocycles. The number of aliphatic hydroxyl groups excluding tert-OH is 2. The summed E-state index contributed by atoms with van der Waals surface area (Å²) >= 11 is 0. The van der Waals surface area contributed by atoms with E-state index in [1.807, 2.05) is 12.3 Å². The normalized spacial score (nSPS) is 41.6. The number of carbonyl (C=O) groups excluding carboxylic acids is 1. The minimum atomic E-state index is -0.573. The van der Waals surface area contributed by atoms with Crippen LogP contribution in [0, 0.1) is 58.1 Å². The third-order valence-corrected chi connectivity index (χ3v) is 14.2. The van der Waals surface area contributed by atoms with Gasteiger partial charge in [0.2, 0.25) is 0 Å². The van der Waals surface area contributed by atoms with Crippen molar-refractivity contribution in [2.24, 2.45) is 52.3 Å². The van der Waals surface area contributed by atoms with Gasteiger partial charge in [-0.1, -0.05) is 44.8 Å². The Morgan fingerprint density at radius 3 is 2.44 bits per heavy atom. The molecule has 0 bridgehead atoms. The lowest BCUT2D eigenvalue weighted by atomic mass is 9.41. The van der Waals surface area contributed by atoms with Gasteiger partial charge < -0.3 is 15.5 Å². The van der Waals surface area contributed by atoms with Gasteiger partial charge in [0, 0.05) is 11.4 Å². The van der Waals surface area contributed by atoms with Crippen LogP contribution in [0.5, 0.6) is 0 Å². The highest BCUT2D eigenvalue weighted by molar-refractivity contribution is 8.13. The fraction of sp³-hybridized carbons (Fsp3) is 0.765. The lowest BCUT2D eigenvalue weighted by Crippen LogP contribution is -2.62. The molecule has 4 saturated carbocycles. The van der Waals surface area contributed by atoms with Crippen LogP contribution in [0.3, 0.4) is 0 Å². The molecule has 0 aromatic heterocycles. The third-order valence-electron chi connectivity index (χ3n) is 12.5. The van der Waals surface area contributed by atoms with Crippen LogP contribution < -0.4 is 10.0 Å². The summed E-state index contributed by atoms with van der Waals surface area (Å²) in [4.78, 5) is 13.6. The fourth-order valence-electron chi connectivity index (χ4n) is 10.5. The zero-order valence-corrected chi connectivity index (χ0v) is 26.6. The highest BCUT2D eigenvalue weighted by Gasteiger charge is 2.64. The Kier molecular flexibility index (Phi) is 9.28. The van der Waals surface area contributed by atoms with E-state index in [-0.39, 0.29) is 40.8 Å². The Morgan fingerprint density at radius 2 is 1.76 bits per heavy atom. The van der Waals surface area contributed by atoms with Crippen molar-refractivity contribution in [2.75, 3.05) is 6.54 Å². The lowest BCUT2D eigenvalue weighted by molar-refractivity contribution is -0.203. The number of amides is 2. The van der Waals surface area contributed by atoms with Gasteiger partial charge >= 0.3 is 6.03 Å². The van der Waals surface area contributed by atoms with Gasteiger partial charge in [0.1, 0.15) is 5.82 Å². The molecule has 1 aromatic rings. The summed E-state index contributed by atoms with van der Waals surface area (Å²) in [5.41, 5.74) is 0.459. The maximum Gasteiger partial charge on any atom is 0.324 e. The molecule has 0 spiro atoms. The summed E-state index contributed by atoms with van der Waals surface area (Å²) in [5.74, 6) is 3.01. The van der Waals surface area contributed by atoms with E-state index < -0.39 is 10.7 Å². The van der Waals surface area contributed by atoms with E-state index >= 15 is 0 Å². The van der Waals surface area contributed by atoms with Crippen LogP contribution in [0.25, 0.3) is 0 Å². The monoisotopic (exact) mass is 588 g/mol. The number of carbonyl (C=O) groups is 1. The Labute approximate surface area is 249 Å². The van der Waals surface area contributed by atoms with E-state index in [9.17, 15) is 19.4 Å². The van der Waals surface area contributed by atoms with Crippen molar-refractivity contribution in [2.45, 2.75) is 110 Å². The molecule has 1 unspecified atom stereocenters. The first kappa shape index (κ1) is 31.0. The topological polar surface area (TPSA) is 81.6 Å².